The minimum Gasteiger partial charge on any atom is -0.480 e. The van der Waals surface area contributed by atoms with Crippen LogP contribution in [0.1, 0.15) is 12.8 Å². The summed E-state index contributed by atoms with van der Waals surface area (Å²) in [5.41, 5.74) is -0.258. The van der Waals surface area contributed by atoms with E-state index in [-0.39, 0.29) is 0 Å². The number of fused-ring (bicyclic) bond motifs is 1. The van der Waals surface area contributed by atoms with Crippen molar-refractivity contribution in [3.63, 3.8) is 0 Å². The Hall–Kier alpha value is -2.15. The van der Waals surface area contributed by atoms with Crippen LogP contribution < -0.4 is 5.32 Å². The van der Waals surface area contributed by atoms with Gasteiger partial charge in [-0.05, 0) is 6.07 Å². The second-order valence-corrected chi connectivity index (χ2v) is 4.56. The number of hydrogen-bond donors (Lipinski definition) is 2. The van der Waals surface area contributed by atoms with E-state index in [1.54, 1.807) is 29.2 Å². The molecule has 1 aliphatic heterocycles. The van der Waals surface area contributed by atoms with E-state index in [1.807, 2.05) is 0 Å². The highest BCUT2D eigenvalue weighted by Gasteiger charge is 2.40. The highest BCUT2D eigenvalue weighted by Crippen LogP contribution is 2.27. The molecule has 0 radical (unpaired) electrons. The van der Waals surface area contributed by atoms with Crippen molar-refractivity contribution >= 4 is 17.3 Å². The van der Waals surface area contributed by atoms with E-state index in [0.717, 1.165) is 5.52 Å². The summed E-state index contributed by atoms with van der Waals surface area (Å²) in [4.78, 5) is 15.8. The molecule has 7 nitrogen and oxygen atoms in total. The minimum absolute atomic E-state index is 0.416. The van der Waals surface area contributed by atoms with E-state index < -0.39 is 11.5 Å². The van der Waals surface area contributed by atoms with Crippen LogP contribution in [0, 0.1) is 0 Å². The quantitative estimate of drug-likeness (QED) is 0.849. The molecule has 1 fully saturated rings. The number of aromatic nitrogens is 3. The Bertz CT molecular complexity index is 604. The zero-order valence-electron chi connectivity index (χ0n) is 10.2. The summed E-state index contributed by atoms with van der Waals surface area (Å²) in [5, 5.41) is 16.7. The predicted octanol–water partition coefficient (Wildman–Crippen LogP) is 0.775. The Kier molecular flexibility index (Phi) is 2.83. The maximum Gasteiger partial charge on any atom is 0.329 e. The zero-order chi connectivity index (χ0) is 13.3. The van der Waals surface area contributed by atoms with Gasteiger partial charge in [0.15, 0.2) is 5.82 Å². The molecule has 7 heteroatoms. The number of nitrogens with one attached hydrogen (secondary N) is 1. The average molecular weight is 262 g/mol. The van der Waals surface area contributed by atoms with Gasteiger partial charge in [0.2, 0.25) is 0 Å². The first-order valence-electron chi connectivity index (χ1n) is 6.09. The zero-order valence-corrected chi connectivity index (χ0v) is 10.2. The lowest BCUT2D eigenvalue weighted by Crippen LogP contribution is -2.50. The highest BCUT2D eigenvalue weighted by atomic mass is 16.5. The normalized spacial score (nSPS) is 18.3. The van der Waals surface area contributed by atoms with Crippen LogP contribution >= 0.6 is 0 Å². The number of ether oxygens (including phenoxy) is 1. The molecular weight excluding hydrogens is 248 g/mol. The third-order valence-corrected chi connectivity index (χ3v) is 3.44. The number of carbonyl (C=O) groups is 1. The van der Waals surface area contributed by atoms with E-state index in [4.69, 9.17) is 4.74 Å². The number of rotatable bonds is 3. The number of anilines is 1. The van der Waals surface area contributed by atoms with Crippen LogP contribution in [-0.2, 0) is 9.53 Å². The van der Waals surface area contributed by atoms with E-state index in [2.05, 4.69) is 15.4 Å². The minimum atomic E-state index is -1.02. The lowest BCUT2D eigenvalue weighted by Gasteiger charge is -2.34. The van der Waals surface area contributed by atoms with Gasteiger partial charge in [0.25, 0.3) is 0 Å². The molecule has 0 unspecified atom stereocenters. The van der Waals surface area contributed by atoms with Crippen LogP contribution in [0.15, 0.2) is 24.7 Å². The highest BCUT2D eigenvalue weighted by molar-refractivity contribution is 5.84. The average Bonchev–Trinajstić information content (AvgIpc) is 2.89. The Labute approximate surface area is 109 Å². The number of aliphatic carboxylic acids is 1. The molecule has 3 rings (SSSR count). The van der Waals surface area contributed by atoms with E-state index in [1.165, 1.54) is 0 Å². The molecule has 0 saturated carbocycles. The summed E-state index contributed by atoms with van der Waals surface area (Å²) in [6, 6.07) is 1.80. The molecule has 0 aliphatic carbocycles. The van der Waals surface area contributed by atoms with Crippen molar-refractivity contribution in [1.82, 2.24) is 14.6 Å². The van der Waals surface area contributed by atoms with Gasteiger partial charge < -0.3 is 15.2 Å². The van der Waals surface area contributed by atoms with E-state index in [9.17, 15) is 9.90 Å². The third-order valence-electron chi connectivity index (χ3n) is 3.44. The first kappa shape index (κ1) is 11.9. The lowest BCUT2D eigenvalue weighted by atomic mass is 9.90. The summed E-state index contributed by atoms with van der Waals surface area (Å²) >= 11 is 0. The van der Waals surface area contributed by atoms with Gasteiger partial charge in [-0.3, -0.25) is 0 Å². The number of nitrogens with zero attached hydrogens (tertiary/aromatic N) is 3. The fourth-order valence-electron chi connectivity index (χ4n) is 2.29. The Balaban J connectivity index is 1.98. The molecule has 19 heavy (non-hydrogen) atoms. The molecule has 0 bridgehead atoms. The second-order valence-electron chi connectivity index (χ2n) is 4.56. The van der Waals surface area contributed by atoms with Crippen molar-refractivity contribution in [1.29, 1.82) is 0 Å². The van der Waals surface area contributed by atoms with Gasteiger partial charge >= 0.3 is 5.97 Å². The standard InChI is InChI=1S/C12H14N4O3/c17-11(18)12(2-7-19-8-3-12)15-10-9-1-4-14-16(9)6-5-13-10/h1,4-6H,2-3,7-8H2,(H,13,15)(H,17,18). The van der Waals surface area contributed by atoms with Gasteiger partial charge in [0, 0.05) is 38.4 Å². The van der Waals surface area contributed by atoms with Gasteiger partial charge in [0.1, 0.15) is 11.1 Å². The summed E-state index contributed by atoms with van der Waals surface area (Å²) in [7, 11) is 0. The van der Waals surface area contributed by atoms with Crippen molar-refractivity contribution in [2.24, 2.45) is 0 Å². The lowest BCUT2D eigenvalue weighted by molar-refractivity contribution is -0.145. The molecule has 2 N–H and O–H groups in total. The molecule has 2 aromatic rings. The second kappa shape index (κ2) is 4.51. The van der Waals surface area contributed by atoms with Crippen LogP contribution in [0.5, 0.6) is 0 Å². The van der Waals surface area contributed by atoms with Crippen LogP contribution in [0.4, 0.5) is 5.82 Å². The maximum atomic E-state index is 11.6. The van der Waals surface area contributed by atoms with E-state index in [0.29, 0.717) is 31.9 Å². The molecule has 0 aromatic carbocycles. The molecule has 100 valence electrons. The largest absolute Gasteiger partial charge is 0.480 e. The monoisotopic (exact) mass is 262 g/mol. The number of hydrogen-bond acceptors (Lipinski definition) is 5. The molecule has 0 amide bonds. The maximum absolute atomic E-state index is 11.6. The van der Waals surface area contributed by atoms with Gasteiger partial charge in [-0.15, -0.1) is 0 Å². The smallest absolute Gasteiger partial charge is 0.329 e. The van der Waals surface area contributed by atoms with Gasteiger partial charge in [0.05, 0.1) is 6.20 Å². The molecule has 1 saturated heterocycles. The SMILES string of the molecule is O=C(O)C1(Nc2nccn3nccc23)CCOCC1. The Morgan fingerprint density at radius 2 is 2.21 bits per heavy atom. The van der Waals surface area contributed by atoms with Crippen LogP contribution in [-0.4, -0.2) is 44.4 Å². The van der Waals surface area contributed by atoms with Crippen molar-refractivity contribution < 1.29 is 14.6 Å². The van der Waals surface area contributed by atoms with E-state index >= 15 is 0 Å². The van der Waals surface area contributed by atoms with Crippen LogP contribution in [0.25, 0.3) is 5.52 Å². The Morgan fingerprint density at radius 3 is 2.95 bits per heavy atom. The summed E-state index contributed by atoms with van der Waals surface area (Å²) in [6.07, 6.45) is 5.80. The Morgan fingerprint density at radius 1 is 1.42 bits per heavy atom. The summed E-state index contributed by atoms with van der Waals surface area (Å²) < 4.78 is 6.90. The first-order chi connectivity index (χ1) is 9.21. The van der Waals surface area contributed by atoms with Gasteiger partial charge in [-0.1, -0.05) is 0 Å². The van der Waals surface area contributed by atoms with Gasteiger partial charge in [-0.25, -0.2) is 14.3 Å². The number of carboxylic acids is 1. The molecule has 1 aliphatic rings. The molecule has 0 atom stereocenters. The van der Waals surface area contributed by atoms with Crippen molar-refractivity contribution in [2.75, 3.05) is 18.5 Å². The summed E-state index contributed by atoms with van der Waals surface area (Å²) in [5.74, 6) is -0.344. The number of carboxylic acid groups (broad SMARTS) is 1. The molecule has 3 heterocycles. The molecular formula is C12H14N4O3. The summed E-state index contributed by atoms with van der Waals surface area (Å²) in [6.45, 7) is 0.864. The molecule has 0 spiro atoms. The fraction of sp³-hybridized carbons (Fsp3) is 0.417. The van der Waals surface area contributed by atoms with Gasteiger partial charge in [-0.2, -0.15) is 5.10 Å². The van der Waals surface area contributed by atoms with Crippen LogP contribution in [0.2, 0.25) is 0 Å². The topological polar surface area (TPSA) is 88.8 Å². The van der Waals surface area contributed by atoms with Crippen molar-refractivity contribution in [3.05, 3.63) is 24.7 Å². The first-order valence-corrected chi connectivity index (χ1v) is 6.09. The fourth-order valence-corrected chi connectivity index (χ4v) is 2.29. The molecule has 2 aromatic heterocycles. The van der Waals surface area contributed by atoms with Crippen molar-refractivity contribution in [3.8, 4) is 0 Å². The third kappa shape index (κ3) is 2.01. The predicted molar refractivity (Wildman–Crippen MR) is 67.0 cm³/mol. The van der Waals surface area contributed by atoms with Crippen molar-refractivity contribution in [2.45, 2.75) is 18.4 Å². The van der Waals surface area contributed by atoms with Crippen LogP contribution in [0.3, 0.4) is 0 Å².